The maximum atomic E-state index is 12.7. The van der Waals surface area contributed by atoms with Crippen LogP contribution in [0.25, 0.3) is 0 Å². The van der Waals surface area contributed by atoms with Gasteiger partial charge < -0.3 is 15.0 Å². The van der Waals surface area contributed by atoms with Gasteiger partial charge in [-0.05, 0) is 30.7 Å². The van der Waals surface area contributed by atoms with E-state index in [-0.39, 0.29) is 24.2 Å². The van der Waals surface area contributed by atoms with Gasteiger partial charge in [-0.1, -0.05) is 0 Å². The molecule has 0 unspecified atom stereocenters. The highest BCUT2D eigenvalue weighted by Crippen LogP contribution is 2.11. The fourth-order valence-electron chi connectivity index (χ4n) is 1.95. The third-order valence-electron chi connectivity index (χ3n) is 3.01. The molecule has 6 heteroatoms. The average Bonchev–Trinajstić information content (AvgIpc) is 2.45. The molecule has 1 saturated heterocycles. The van der Waals surface area contributed by atoms with Gasteiger partial charge in [0.05, 0.1) is 13.2 Å². The van der Waals surface area contributed by atoms with Crippen molar-refractivity contribution < 1.29 is 18.7 Å². The van der Waals surface area contributed by atoms with Crippen molar-refractivity contribution in [1.29, 1.82) is 0 Å². The first-order chi connectivity index (χ1) is 9.65. The average molecular weight is 280 g/mol. The predicted molar refractivity (Wildman–Crippen MR) is 70.7 cm³/mol. The molecule has 1 aromatic carbocycles. The smallest absolute Gasteiger partial charge is 0.239 e. The van der Waals surface area contributed by atoms with E-state index in [1.807, 2.05) is 0 Å². The Balaban J connectivity index is 1.66. The summed E-state index contributed by atoms with van der Waals surface area (Å²) in [7, 11) is 0. The second-order valence-corrected chi connectivity index (χ2v) is 4.57. The van der Waals surface area contributed by atoms with Crippen molar-refractivity contribution in [1.82, 2.24) is 10.2 Å². The van der Waals surface area contributed by atoms with Crippen LogP contribution in [0, 0.1) is 5.82 Å². The summed E-state index contributed by atoms with van der Waals surface area (Å²) in [6, 6.07) is 5.75. The van der Waals surface area contributed by atoms with Crippen LogP contribution in [0.3, 0.4) is 0 Å². The summed E-state index contributed by atoms with van der Waals surface area (Å²) in [5, 5.41) is 2.67. The van der Waals surface area contributed by atoms with Gasteiger partial charge in [0.15, 0.2) is 0 Å². The predicted octanol–water partition coefficient (Wildman–Crippen LogP) is 0.943. The van der Waals surface area contributed by atoms with Crippen molar-refractivity contribution >= 4 is 11.8 Å². The van der Waals surface area contributed by atoms with Crippen LogP contribution in [0.4, 0.5) is 4.39 Å². The Morgan fingerprint density at radius 3 is 2.80 bits per heavy atom. The van der Waals surface area contributed by atoms with Crippen LogP contribution < -0.4 is 10.1 Å². The van der Waals surface area contributed by atoms with Crippen LogP contribution in [0.5, 0.6) is 5.75 Å². The van der Waals surface area contributed by atoms with Gasteiger partial charge in [0, 0.05) is 19.5 Å². The van der Waals surface area contributed by atoms with Gasteiger partial charge in [-0.15, -0.1) is 0 Å². The van der Waals surface area contributed by atoms with Crippen LogP contribution >= 0.6 is 0 Å². The van der Waals surface area contributed by atoms with Crippen LogP contribution in [-0.4, -0.2) is 43.0 Å². The molecule has 1 aliphatic heterocycles. The second-order valence-electron chi connectivity index (χ2n) is 4.57. The van der Waals surface area contributed by atoms with Crippen molar-refractivity contribution in [2.75, 3.05) is 26.2 Å². The van der Waals surface area contributed by atoms with Gasteiger partial charge in [-0.3, -0.25) is 9.59 Å². The summed E-state index contributed by atoms with van der Waals surface area (Å²) in [5.74, 6) is 0.113. The molecular formula is C14H17FN2O3. The molecule has 0 aromatic heterocycles. The molecular weight excluding hydrogens is 263 g/mol. The summed E-state index contributed by atoms with van der Waals surface area (Å²) >= 11 is 0. The minimum absolute atomic E-state index is 0.0393. The number of piperazine rings is 1. The van der Waals surface area contributed by atoms with Crippen molar-refractivity contribution in [2.24, 2.45) is 0 Å². The lowest BCUT2D eigenvalue weighted by molar-refractivity contribution is -0.138. The van der Waals surface area contributed by atoms with Gasteiger partial charge in [-0.25, -0.2) is 4.39 Å². The highest BCUT2D eigenvalue weighted by Gasteiger charge is 2.20. The van der Waals surface area contributed by atoms with E-state index in [0.717, 1.165) is 0 Å². The Hall–Kier alpha value is -2.11. The number of hydrogen-bond acceptors (Lipinski definition) is 3. The third-order valence-corrected chi connectivity index (χ3v) is 3.01. The number of benzene rings is 1. The molecule has 0 atom stereocenters. The van der Waals surface area contributed by atoms with Crippen molar-refractivity contribution in [2.45, 2.75) is 12.8 Å². The first-order valence-electron chi connectivity index (χ1n) is 6.58. The molecule has 0 spiro atoms. The normalized spacial score (nSPS) is 14.8. The molecule has 1 heterocycles. The molecule has 1 aromatic rings. The number of ether oxygens (including phenoxy) is 1. The molecule has 5 nitrogen and oxygen atoms in total. The number of nitrogens with one attached hydrogen (secondary N) is 1. The van der Waals surface area contributed by atoms with Gasteiger partial charge in [-0.2, -0.15) is 0 Å². The van der Waals surface area contributed by atoms with Crippen molar-refractivity contribution in [3.63, 3.8) is 0 Å². The summed E-state index contributed by atoms with van der Waals surface area (Å²) in [6.07, 6.45) is 0.906. The van der Waals surface area contributed by atoms with Gasteiger partial charge in [0.1, 0.15) is 11.6 Å². The largest absolute Gasteiger partial charge is 0.494 e. The van der Waals surface area contributed by atoms with Crippen molar-refractivity contribution in [3.8, 4) is 5.75 Å². The van der Waals surface area contributed by atoms with E-state index in [0.29, 0.717) is 38.3 Å². The Bertz CT molecular complexity index is 476. The highest BCUT2D eigenvalue weighted by molar-refractivity contribution is 5.85. The zero-order chi connectivity index (χ0) is 14.4. The summed E-state index contributed by atoms with van der Waals surface area (Å²) in [5.41, 5.74) is 0. The lowest BCUT2D eigenvalue weighted by atomic mass is 10.2. The van der Waals surface area contributed by atoms with E-state index in [1.54, 1.807) is 17.0 Å². The first-order valence-corrected chi connectivity index (χ1v) is 6.58. The molecule has 0 saturated carbocycles. The Kier molecular flexibility index (Phi) is 4.92. The van der Waals surface area contributed by atoms with Crippen LogP contribution in [-0.2, 0) is 9.59 Å². The van der Waals surface area contributed by atoms with E-state index in [9.17, 15) is 14.0 Å². The van der Waals surface area contributed by atoms with Gasteiger partial charge >= 0.3 is 0 Å². The maximum Gasteiger partial charge on any atom is 0.239 e. The summed E-state index contributed by atoms with van der Waals surface area (Å²) in [4.78, 5) is 24.6. The molecule has 0 radical (unpaired) electrons. The van der Waals surface area contributed by atoms with Crippen LogP contribution in [0.2, 0.25) is 0 Å². The summed E-state index contributed by atoms with van der Waals surface area (Å²) in [6.45, 7) is 1.59. The number of carbonyl (C=O) groups excluding carboxylic acids is 2. The molecule has 108 valence electrons. The van der Waals surface area contributed by atoms with E-state index in [4.69, 9.17) is 4.74 Å². The zero-order valence-corrected chi connectivity index (χ0v) is 11.1. The Labute approximate surface area is 116 Å². The molecule has 2 amide bonds. The topological polar surface area (TPSA) is 58.6 Å². The van der Waals surface area contributed by atoms with Gasteiger partial charge in [0.2, 0.25) is 11.8 Å². The number of amides is 2. The monoisotopic (exact) mass is 280 g/mol. The van der Waals surface area contributed by atoms with E-state index >= 15 is 0 Å². The molecule has 1 fully saturated rings. The van der Waals surface area contributed by atoms with E-state index in [2.05, 4.69) is 5.32 Å². The number of halogens is 1. The quantitative estimate of drug-likeness (QED) is 0.817. The highest BCUT2D eigenvalue weighted by atomic mass is 19.1. The fourth-order valence-corrected chi connectivity index (χ4v) is 1.95. The second kappa shape index (κ2) is 6.88. The molecule has 1 aliphatic rings. The molecule has 1 N–H and O–H groups in total. The van der Waals surface area contributed by atoms with Crippen LogP contribution in [0.1, 0.15) is 12.8 Å². The first kappa shape index (κ1) is 14.3. The van der Waals surface area contributed by atoms with E-state index < -0.39 is 0 Å². The lowest BCUT2D eigenvalue weighted by Gasteiger charge is -2.26. The summed E-state index contributed by atoms with van der Waals surface area (Å²) < 4.78 is 18.1. The van der Waals surface area contributed by atoms with Crippen molar-refractivity contribution in [3.05, 3.63) is 30.1 Å². The molecule has 0 bridgehead atoms. The molecule has 20 heavy (non-hydrogen) atoms. The Morgan fingerprint density at radius 1 is 1.35 bits per heavy atom. The number of nitrogens with zero attached hydrogens (tertiary/aromatic N) is 1. The number of hydrogen-bond donors (Lipinski definition) is 1. The van der Waals surface area contributed by atoms with Gasteiger partial charge in [0.25, 0.3) is 0 Å². The number of carbonyl (C=O) groups is 2. The standard InChI is InChI=1S/C14H17FN2O3/c15-11-3-5-12(6-4-11)20-9-1-2-14(19)17-8-7-16-13(18)10-17/h3-6H,1-2,7-10H2,(H,16,18). The lowest BCUT2D eigenvalue weighted by Crippen LogP contribution is -2.49. The minimum atomic E-state index is -0.309. The molecule has 0 aliphatic carbocycles. The van der Waals surface area contributed by atoms with Crippen LogP contribution in [0.15, 0.2) is 24.3 Å². The third kappa shape index (κ3) is 4.22. The Morgan fingerprint density at radius 2 is 2.10 bits per heavy atom. The minimum Gasteiger partial charge on any atom is -0.494 e. The molecule has 2 rings (SSSR count). The zero-order valence-electron chi connectivity index (χ0n) is 11.1. The fraction of sp³-hybridized carbons (Fsp3) is 0.429. The number of rotatable bonds is 5. The van der Waals surface area contributed by atoms with E-state index in [1.165, 1.54) is 12.1 Å². The SMILES string of the molecule is O=C1CN(C(=O)CCCOc2ccc(F)cc2)CCN1. The maximum absolute atomic E-state index is 12.7.